The Hall–Kier alpha value is -2.35. The molecule has 0 fully saturated rings. The van der Waals surface area contributed by atoms with Crippen LogP contribution in [0.15, 0.2) is 40.3 Å². The Morgan fingerprint density at radius 3 is 2.63 bits per heavy atom. The number of hydrogen-bond acceptors (Lipinski definition) is 6. The molecule has 0 bridgehead atoms. The van der Waals surface area contributed by atoms with Crippen molar-refractivity contribution in [2.45, 2.75) is 10.9 Å². The molecule has 7 nitrogen and oxygen atoms in total. The Morgan fingerprint density at radius 1 is 1.37 bits per heavy atom. The summed E-state index contributed by atoms with van der Waals surface area (Å²) in [6, 6.07) is 7.07. The zero-order chi connectivity index (χ0) is 13.8. The summed E-state index contributed by atoms with van der Waals surface area (Å²) in [6.07, 6.45) is 0. The monoisotopic (exact) mass is 279 g/mol. The van der Waals surface area contributed by atoms with Gasteiger partial charge in [0.1, 0.15) is 0 Å². The largest absolute Gasteiger partial charge is 0.493 e. The average molecular weight is 279 g/mol. The van der Waals surface area contributed by atoms with Crippen LogP contribution in [-0.2, 0) is 5.75 Å². The van der Waals surface area contributed by atoms with Gasteiger partial charge in [0.25, 0.3) is 11.2 Å². The van der Waals surface area contributed by atoms with E-state index in [1.165, 1.54) is 23.9 Å². The first-order chi connectivity index (χ1) is 9.04. The van der Waals surface area contributed by atoms with Gasteiger partial charge in [0, 0.05) is 17.9 Å². The molecule has 19 heavy (non-hydrogen) atoms. The van der Waals surface area contributed by atoms with E-state index < -0.39 is 10.5 Å². The standard InChI is InChI=1S/C11H9N3O4S/c15-9-5-10(16)13-11(12-9)19-6-7-1-3-8(4-2-7)14(17)18/h1-5H,6H2,(H2,12,13,15,16). The van der Waals surface area contributed by atoms with Gasteiger partial charge in [0.15, 0.2) is 5.16 Å². The van der Waals surface area contributed by atoms with E-state index in [9.17, 15) is 14.9 Å². The number of rotatable bonds is 4. The van der Waals surface area contributed by atoms with Crippen LogP contribution in [0.1, 0.15) is 5.56 Å². The van der Waals surface area contributed by atoms with Gasteiger partial charge >= 0.3 is 0 Å². The maximum atomic E-state index is 11.1. The SMILES string of the molecule is O=c1cc(O)nc(SCc2ccc([N+](=O)[O-])cc2)[nH]1. The van der Waals surface area contributed by atoms with E-state index in [4.69, 9.17) is 5.11 Å². The molecule has 0 radical (unpaired) electrons. The molecule has 0 atom stereocenters. The van der Waals surface area contributed by atoms with Crippen LogP contribution in [0.5, 0.6) is 5.88 Å². The normalized spacial score (nSPS) is 10.3. The third kappa shape index (κ3) is 3.55. The zero-order valence-corrected chi connectivity index (χ0v) is 10.4. The number of nitrogens with zero attached hydrogens (tertiary/aromatic N) is 2. The van der Waals surface area contributed by atoms with Crippen LogP contribution >= 0.6 is 11.8 Å². The number of aromatic nitrogens is 2. The molecular formula is C11H9N3O4S. The summed E-state index contributed by atoms with van der Waals surface area (Å²) in [5.74, 6) is 0.139. The van der Waals surface area contributed by atoms with Crippen molar-refractivity contribution in [3.05, 3.63) is 56.4 Å². The number of thioether (sulfide) groups is 1. The molecule has 1 aromatic carbocycles. The summed E-state index contributed by atoms with van der Waals surface area (Å²) in [7, 11) is 0. The number of H-pyrrole nitrogens is 1. The predicted molar refractivity (Wildman–Crippen MR) is 69.2 cm³/mol. The highest BCUT2D eigenvalue weighted by Crippen LogP contribution is 2.21. The maximum Gasteiger partial charge on any atom is 0.269 e. The van der Waals surface area contributed by atoms with E-state index in [1.54, 1.807) is 12.1 Å². The van der Waals surface area contributed by atoms with Crippen molar-refractivity contribution >= 4 is 17.4 Å². The van der Waals surface area contributed by atoms with Crippen molar-refractivity contribution < 1.29 is 10.0 Å². The topological polar surface area (TPSA) is 109 Å². The fourth-order valence-corrected chi connectivity index (χ4v) is 2.18. The molecule has 0 aliphatic rings. The quantitative estimate of drug-likeness (QED) is 0.381. The Labute approximate surface area is 111 Å². The van der Waals surface area contributed by atoms with Crippen molar-refractivity contribution in [2.24, 2.45) is 0 Å². The van der Waals surface area contributed by atoms with Crippen LogP contribution in [-0.4, -0.2) is 20.0 Å². The second kappa shape index (κ2) is 5.53. The molecule has 0 aliphatic carbocycles. The average Bonchev–Trinajstić information content (AvgIpc) is 2.36. The minimum absolute atomic E-state index is 0.0256. The fraction of sp³-hybridized carbons (Fsp3) is 0.0909. The second-order valence-corrected chi connectivity index (χ2v) is 4.59. The molecule has 2 aromatic rings. The summed E-state index contributed by atoms with van der Waals surface area (Å²) in [6.45, 7) is 0. The highest BCUT2D eigenvalue weighted by atomic mass is 32.2. The molecule has 0 unspecified atom stereocenters. The lowest BCUT2D eigenvalue weighted by Gasteiger charge is -2.01. The van der Waals surface area contributed by atoms with E-state index in [-0.39, 0.29) is 11.6 Å². The van der Waals surface area contributed by atoms with Crippen LogP contribution in [0.2, 0.25) is 0 Å². The van der Waals surface area contributed by atoms with Gasteiger partial charge in [-0.3, -0.25) is 14.9 Å². The smallest absolute Gasteiger partial charge is 0.269 e. The van der Waals surface area contributed by atoms with Crippen LogP contribution in [0, 0.1) is 10.1 Å². The third-order valence-electron chi connectivity index (χ3n) is 2.23. The van der Waals surface area contributed by atoms with Crippen LogP contribution in [0.4, 0.5) is 5.69 Å². The van der Waals surface area contributed by atoms with Crippen molar-refractivity contribution in [2.75, 3.05) is 0 Å². The van der Waals surface area contributed by atoms with Gasteiger partial charge in [-0.25, -0.2) is 0 Å². The van der Waals surface area contributed by atoms with Gasteiger partial charge in [-0.05, 0) is 5.56 Å². The number of non-ortho nitro benzene ring substituents is 1. The number of aromatic hydroxyl groups is 1. The number of hydrogen-bond donors (Lipinski definition) is 2. The maximum absolute atomic E-state index is 11.1. The first-order valence-corrected chi connectivity index (χ1v) is 6.19. The van der Waals surface area contributed by atoms with Gasteiger partial charge in [-0.2, -0.15) is 4.98 Å². The van der Waals surface area contributed by atoms with Crippen LogP contribution in [0.25, 0.3) is 0 Å². The van der Waals surface area contributed by atoms with E-state index in [1.807, 2.05) is 0 Å². The molecule has 1 aromatic heterocycles. The second-order valence-electron chi connectivity index (χ2n) is 3.62. The van der Waals surface area contributed by atoms with Crippen molar-refractivity contribution in [1.82, 2.24) is 9.97 Å². The lowest BCUT2D eigenvalue weighted by atomic mass is 10.2. The fourth-order valence-electron chi connectivity index (χ4n) is 1.36. The van der Waals surface area contributed by atoms with Crippen molar-refractivity contribution in [3.8, 4) is 5.88 Å². The number of nitro groups is 1. The molecule has 2 rings (SSSR count). The summed E-state index contributed by atoms with van der Waals surface area (Å²) >= 11 is 1.22. The molecule has 98 valence electrons. The van der Waals surface area contributed by atoms with E-state index >= 15 is 0 Å². The number of nitrogens with one attached hydrogen (secondary N) is 1. The number of nitro benzene ring substituents is 1. The van der Waals surface area contributed by atoms with E-state index in [2.05, 4.69) is 9.97 Å². The first-order valence-electron chi connectivity index (χ1n) is 5.21. The highest BCUT2D eigenvalue weighted by Gasteiger charge is 2.05. The molecule has 0 amide bonds. The first kappa shape index (κ1) is 13.1. The van der Waals surface area contributed by atoms with Crippen LogP contribution < -0.4 is 5.56 Å². The molecule has 1 heterocycles. The van der Waals surface area contributed by atoms with Gasteiger partial charge in [0.2, 0.25) is 5.88 Å². The molecular weight excluding hydrogens is 270 g/mol. The minimum Gasteiger partial charge on any atom is -0.493 e. The van der Waals surface area contributed by atoms with Crippen LogP contribution in [0.3, 0.4) is 0 Å². The molecule has 0 saturated carbocycles. The minimum atomic E-state index is -0.467. The Kier molecular flexibility index (Phi) is 3.81. The lowest BCUT2D eigenvalue weighted by molar-refractivity contribution is -0.384. The molecule has 0 aliphatic heterocycles. The summed E-state index contributed by atoms with van der Waals surface area (Å²) in [4.78, 5) is 27.3. The summed E-state index contributed by atoms with van der Waals surface area (Å²) in [5, 5.41) is 20.0. The zero-order valence-electron chi connectivity index (χ0n) is 9.57. The summed E-state index contributed by atoms with van der Waals surface area (Å²) < 4.78 is 0. The Bertz CT molecular complexity index is 654. The Balaban J connectivity index is 2.06. The molecule has 0 saturated heterocycles. The lowest BCUT2D eigenvalue weighted by Crippen LogP contribution is -2.06. The molecule has 2 N–H and O–H groups in total. The van der Waals surface area contributed by atoms with E-state index in [0.717, 1.165) is 11.6 Å². The Morgan fingerprint density at radius 2 is 2.05 bits per heavy atom. The van der Waals surface area contributed by atoms with Gasteiger partial charge in [0.05, 0.1) is 11.0 Å². The highest BCUT2D eigenvalue weighted by molar-refractivity contribution is 7.98. The van der Waals surface area contributed by atoms with Gasteiger partial charge in [-0.1, -0.05) is 23.9 Å². The van der Waals surface area contributed by atoms with Gasteiger partial charge < -0.3 is 10.1 Å². The summed E-state index contributed by atoms with van der Waals surface area (Å²) in [5.41, 5.74) is 0.443. The predicted octanol–water partition coefficient (Wildman–Crippen LogP) is 1.68. The van der Waals surface area contributed by atoms with Gasteiger partial charge in [-0.15, -0.1) is 0 Å². The molecule has 0 spiro atoms. The van der Waals surface area contributed by atoms with Crippen molar-refractivity contribution in [3.63, 3.8) is 0 Å². The van der Waals surface area contributed by atoms with Crippen molar-refractivity contribution in [1.29, 1.82) is 0 Å². The van der Waals surface area contributed by atoms with E-state index in [0.29, 0.717) is 10.9 Å². The third-order valence-corrected chi connectivity index (χ3v) is 3.17. The number of benzene rings is 1. The molecule has 8 heteroatoms. The number of aromatic amines is 1.